The first kappa shape index (κ1) is 20.7. The molecule has 0 spiro atoms. The summed E-state index contributed by atoms with van der Waals surface area (Å²) in [6.45, 7) is 2.64. The van der Waals surface area contributed by atoms with Crippen molar-refractivity contribution in [3.05, 3.63) is 63.6 Å². The van der Waals surface area contributed by atoms with Gasteiger partial charge in [0.05, 0.1) is 16.3 Å². The predicted octanol–water partition coefficient (Wildman–Crippen LogP) is 3.55. The lowest BCUT2D eigenvalue weighted by molar-refractivity contribution is -0.139. The van der Waals surface area contributed by atoms with E-state index in [-0.39, 0.29) is 0 Å². The molecule has 0 aliphatic carbocycles. The van der Waals surface area contributed by atoms with Gasteiger partial charge in [-0.25, -0.2) is 5.43 Å². The quantitative estimate of drug-likeness (QED) is 0.418. The lowest BCUT2D eigenvalue weighted by atomic mass is 10.2. The summed E-state index contributed by atoms with van der Waals surface area (Å²) in [4.78, 5) is 23.0. The van der Waals surface area contributed by atoms with E-state index in [2.05, 4.69) is 15.8 Å². The predicted molar refractivity (Wildman–Crippen MR) is 106 cm³/mol. The van der Waals surface area contributed by atoms with Crippen LogP contribution in [0.25, 0.3) is 0 Å². The fourth-order valence-corrected chi connectivity index (χ4v) is 2.67. The second-order valence-electron chi connectivity index (χ2n) is 5.54. The molecule has 0 aliphatic heterocycles. The van der Waals surface area contributed by atoms with Crippen LogP contribution in [0.15, 0.2) is 47.6 Å². The van der Waals surface area contributed by atoms with Crippen molar-refractivity contribution in [2.24, 2.45) is 5.10 Å². The highest BCUT2D eigenvalue weighted by molar-refractivity contribution is 6.37. The maximum absolute atomic E-state index is 11.5. The Morgan fingerprint density at radius 1 is 1.11 bits per heavy atom. The first-order valence-electron chi connectivity index (χ1n) is 8.28. The van der Waals surface area contributed by atoms with Crippen LogP contribution in [0, 0.1) is 0 Å². The summed E-state index contributed by atoms with van der Waals surface area (Å²) < 4.78 is 5.69. The van der Waals surface area contributed by atoms with Crippen LogP contribution < -0.4 is 15.5 Å². The monoisotopic (exact) mass is 407 g/mol. The number of rotatable bonds is 7. The van der Waals surface area contributed by atoms with Gasteiger partial charge in [-0.2, -0.15) is 5.10 Å². The lowest BCUT2D eigenvalue weighted by Crippen LogP contribution is -2.38. The smallest absolute Gasteiger partial charge is 0.329 e. The van der Waals surface area contributed by atoms with E-state index in [1.54, 1.807) is 12.1 Å². The van der Waals surface area contributed by atoms with Gasteiger partial charge in [-0.15, -0.1) is 0 Å². The molecule has 0 saturated carbocycles. The molecular weight excluding hydrogens is 389 g/mol. The summed E-state index contributed by atoms with van der Waals surface area (Å²) in [5, 5.41) is 6.81. The maximum atomic E-state index is 11.5. The van der Waals surface area contributed by atoms with Crippen molar-refractivity contribution < 1.29 is 14.3 Å². The highest BCUT2D eigenvalue weighted by atomic mass is 35.5. The number of amides is 2. The number of hydrogen-bond donors (Lipinski definition) is 2. The number of halogens is 2. The van der Waals surface area contributed by atoms with Crippen LogP contribution in [-0.4, -0.2) is 24.6 Å². The van der Waals surface area contributed by atoms with Crippen LogP contribution in [0.4, 0.5) is 0 Å². The van der Waals surface area contributed by atoms with Crippen LogP contribution in [0.5, 0.6) is 5.75 Å². The van der Waals surface area contributed by atoms with Crippen LogP contribution in [0.3, 0.4) is 0 Å². The molecule has 0 bridgehead atoms. The molecule has 142 valence electrons. The average Bonchev–Trinajstić information content (AvgIpc) is 2.66. The summed E-state index contributed by atoms with van der Waals surface area (Å²) in [5.41, 5.74) is 3.67. The second-order valence-corrected chi connectivity index (χ2v) is 6.36. The zero-order valence-electron chi connectivity index (χ0n) is 14.7. The molecule has 2 N–H and O–H groups in total. The van der Waals surface area contributed by atoms with Gasteiger partial charge in [-0.1, -0.05) is 60.5 Å². The second kappa shape index (κ2) is 10.5. The first-order valence-corrected chi connectivity index (χ1v) is 9.04. The fourth-order valence-electron chi connectivity index (χ4n) is 2.06. The van der Waals surface area contributed by atoms with Crippen LogP contribution in [0.1, 0.15) is 24.5 Å². The summed E-state index contributed by atoms with van der Waals surface area (Å²) in [5.74, 6) is -1.23. The minimum atomic E-state index is -0.847. The van der Waals surface area contributed by atoms with Gasteiger partial charge in [-0.3, -0.25) is 9.59 Å². The zero-order chi connectivity index (χ0) is 19.6. The Morgan fingerprint density at radius 3 is 2.41 bits per heavy atom. The molecule has 0 fully saturated rings. The molecule has 2 aromatic rings. The molecule has 2 aromatic carbocycles. The minimum absolute atomic E-state index is 0.312. The van der Waals surface area contributed by atoms with Crippen molar-refractivity contribution in [1.82, 2.24) is 10.7 Å². The molecule has 2 amide bonds. The number of nitrogens with zero attached hydrogens (tertiary/aromatic N) is 1. The van der Waals surface area contributed by atoms with Crippen molar-refractivity contribution in [3.63, 3.8) is 0 Å². The van der Waals surface area contributed by atoms with Gasteiger partial charge in [0.25, 0.3) is 0 Å². The Hall–Kier alpha value is -2.57. The molecule has 8 heteroatoms. The third-order valence-corrected chi connectivity index (χ3v) is 3.93. The molecule has 0 aliphatic rings. The Kier molecular flexibility index (Phi) is 8.10. The van der Waals surface area contributed by atoms with E-state index in [4.69, 9.17) is 27.9 Å². The van der Waals surface area contributed by atoms with Crippen molar-refractivity contribution >= 4 is 41.2 Å². The van der Waals surface area contributed by atoms with Crippen molar-refractivity contribution in [2.75, 3.05) is 6.54 Å². The number of ether oxygens (including phenoxy) is 1. The van der Waals surface area contributed by atoms with E-state index < -0.39 is 11.8 Å². The SMILES string of the molecule is CCCNC(=O)C(=O)N/N=C\c1cc(Cl)c(OCc2ccccc2)c(Cl)c1. The third kappa shape index (κ3) is 6.58. The first-order chi connectivity index (χ1) is 13.0. The molecule has 0 heterocycles. The molecule has 0 unspecified atom stereocenters. The maximum Gasteiger partial charge on any atom is 0.329 e. The number of hydrazone groups is 1. The zero-order valence-corrected chi connectivity index (χ0v) is 16.2. The Morgan fingerprint density at radius 2 is 1.78 bits per heavy atom. The largest absolute Gasteiger partial charge is 0.486 e. The molecule has 0 radical (unpaired) electrons. The van der Waals surface area contributed by atoms with Gasteiger partial charge < -0.3 is 10.1 Å². The molecule has 27 heavy (non-hydrogen) atoms. The van der Waals surface area contributed by atoms with E-state index in [1.807, 2.05) is 37.3 Å². The Bertz CT molecular complexity index is 803. The number of carbonyl (C=O) groups excluding carboxylic acids is 2. The van der Waals surface area contributed by atoms with Crippen LogP contribution >= 0.6 is 23.2 Å². The normalized spacial score (nSPS) is 10.6. The summed E-state index contributed by atoms with van der Waals surface area (Å²) in [6, 6.07) is 12.8. The fraction of sp³-hybridized carbons (Fsp3) is 0.211. The number of nitrogens with one attached hydrogen (secondary N) is 2. The van der Waals surface area contributed by atoms with E-state index in [9.17, 15) is 9.59 Å². The number of carbonyl (C=O) groups is 2. The lowest BCUT2D eigenvalue weighted by Gasteiger charge is -2.11. The van der Waals surface area contributed by atoms with E-state index in [1.165, 1.54) is 6.21 Å². The van der Waals surface area contributed by atoms with Gasteiger partial charge in [0.1, 0.15) is 6.61 Å². The standard InChI is InChI=1S/C19H19Cl2N3O3/c1-2-8-22-18(25)19(26)24-23-11-14-9-15(20)17(16(21)10-14)27-12-13-6-4-3-5-7-13/h3-7,9-11H,2,8,12H2,1H3,(H,22,25)(H,24,26)/b23-11-. The van der Waals surface area contributed by atoms with Crippen LogP contribution in [-0.2, 0) is 16.2 Å². The number of benzene rings is 2. The third-order valence-electron chi connectivity index (χ3n) is 3.37. The molecular formula is C19H19Cl2N3O3. The van der Waals surface area contributed by atoms with Gasteiger partial charge in [0.15, 0.2) is 5.75 Å². The van der Waals surface area contributed by atoms with E-state index in [0.717, 1.165) is 12.0 Å². The molecule has 6 nitrogen and oxygen atoms in total. The minimum Gasteiger partial charge on any atom is -0.486 e. The van der Waals surface area contributed by atoms with E-state index in [0.29, 0.717) is 34.5 Å². The number of hydrogen-bond acceptors (Lipinski definition) is 4. The van der Waals surface area contributed by atoms with Gasteiger partial charge in [0.2, 0.25) is 0 Å². The highest BCUT2D eigenvalue weighted by Crippen LogP contribution is 2.34. The molecule has 0 aromatic heterocycles. The van der Waals surface area contributed by atoms with Crippen molar-refractivity contribution in [3.8, 4) is 5.75 Å². The van der Waals surface area contributed by atoms with Crippen molar-refractivity contribution in [2.45, 2.75) is 20.0 Å². The van der Waals surface area contributed by atoms with E-state index >= 15 is 0 Å². The summed E-state index contributed by atoms with van der Waals surface area (Å²) >= 11 is 12.5. The topological polar surface area (TPSA) is 79.8 Å². The average molecular weight is 408 g/mol. The Balaban J connectivity index is 1.97. The van der Waals surface area contributed by atoms with Crippen molar-refractivity contribution in [1.29, 1.82) is 0 Å². The summed E-state index contributed by atoms with van der Waals surface area (Å²) in [7, 11) is 0. The van der Waals surface area contributed by atoms with Gasteiger partial charge in [-0.05, 0) is 29.7 Å². The highest BCUT2D eigenvalue weighted by Gasteiger charge is 2.12. The summed E-state index contributed by atoms with van der Waals surface area (Å²) in [6.07, 6.45) is 2.07. The van der Waals surface area contributed by atoms with Gasteiger partial charge in [0, 0.05) is 6.54 Å². The molecule has 2 rings (SSSR count). The molecule has 0 atom stereocenters. The molecule has 0 saturated heterocycles. The Labute approximate surface area is 167 Å². The van der Waals surface area contributed by atoms with Gasteiger partial charge >= 0.3 is 11.8 Å². The van der Waals surface area contributed by atoms with Crippen LogP contribution in [0.2, 0.25) is 10.0 Å².